The molecular formula is C84H67BrN2O2. The van der Waals surface area contributed by atoms with E-state index in [0.29, 0.717) is 0 Å². The van der Waals surface area contributed by atoms with E-state index in [9.17, 15) is 0 Å². The van der Waals surface area contributed by atoms with Crippen molar-refractivity contribution in [2.45, 2.75) is 77.0 Å². The molecule has 0 fully saturated rings. The summed E-state index contributed by atoms with van der Waals surface area (Å²) in [4.78, 5) is 2.38. The van der Waals surface area contributed by atoms with Gasteiger partial charge in [0.2, 0.25) is 0 Å². The smallest absolute Gasteiger partial charge is 0.135 e. The number of hydrogen-bond donors (Lipinski definition) is 1. The highest BCUT2D eigenvalue weighted by Crippen LogP contribution is 2.55. The number of nitrogens with zero attached hydrogens (tertiary/aromatic N) is 1. The summed E-state index contributed by atoms with van der Waals surface area (Å²) in [6.07, 6.45) is 0. The van der Waals surface area contributed by atoms with Crippen LogP contribution in [0.3, 0.4) is 0 Å². The molecular weight excluding hydrogens is 1150 g/mol. The summed E-state index contributed by atoms with van der Waals surface area (Å²) < 4.78 is 13.7. The van der Waals surface area contributed by atoms with Gasteiger partial charge in [-0.1, -0.05) is 217 Å². The second-order valence-electron chi connectivity index (χ2n) is 26.6. The fraction of sp³-hybridized carbons (Fsp3) is 0.143. The number of para-hydroxylation sites is 2. The van der Waals surface area contributed by atoms with Gasteiger partial charge in [-0.3, -0.25) is 0 Å². The van der Waals surface area contributed by atoms with Crippen molar-refractivity contribution < 1.29 is 8.83 Å². The topological polar surface area (TPSA) is 41.6 Å². The highest BCUT2D eigenvalue weighted by atomic mass is 79.9. The standard InChI is InChI=1S/C42H33NO.C21H15BrO.C21H19N/c1-41(2)35-16-10-8-14-29(35)31-20-18-28(23-37(31)41)43(26-12-6-5-7-13-26)27-19-21-39-33(22-27)34-24-32-30-15-9-11-17-36(30)42(3,4)38(32)25-40(34)44-39;1-21(2)17-6-4-3-5-13(17)14-10-16-15-9-12(22)7-8-19(15)23-20(16)11-18(14)21;1-21(2)19-11-7-6-10-17(19)18-13-12-16(14-20(18)21)22-15-8-4-3-5-9-15/h5-25H,1-4H3;3-11H,1-2H3;3-14,22H,1-2H3. The first-order valence-corrected chi connectivity index (χ1v) is 31.9. The number of fused-ring (bicyclic) bond motifs is 18. The Balaban J connectivity index is 0.000000119. The van der Waals surface area contributed by atoms with Gasteiger partial charge >= 0.3 is 0 Å². The molecule has 0 atom stereocenters. The molecule has 4 aliphatic carbocycles. The lowest BCUT2D eigenvalue weighted by atomic mass is 9.82. The van der Waals surface area contributed by atoms with Crippen molar-refractivity contribution in [3.63, 3.8) is 0 Å². The van der Waals surface area contributed by atoms with E-state index in [2.05, 4.69) is 318 Å². The van der Waals surface area contributed by atoms with Crippen LogP contribution in [0.15, 0.2) is 268 Å². The van der Waals surface area contributed by atoms with Gasteiger partial charge in [0.25, 0.3) is 0 Å². The van der Waals surface area contributed by atoms with Crippen LogP contribution in [0.4, 0.5) is 28.4 Å². The van der Waals surface area contributed by atoms with Crippen LogP contribution in [-0.4, -0.2) is 0 Å². The lowest BCUT2D eigenvalue weighted by Gasteiger charge is -2.28. The van der Waals surface area contributed by atoms with Crippen molar-refractivity contribution in [2.75, 3.05) is 10.2 Å². The quantitative estimate of drug-likeness (QED) is 0.186. The van der Waals surface area contributed by atoms with Crippen molar-refractivity contribution in [1.29, 1.82) is 0 Å². The van der Waals surface area contributed by atoms with E-state index in [4.69, 9.17) is 8.83 Å². The molecule has 0 radical (unpaired) electrons. The maximum absolute atomic E-state index is 6.52. The number of furan rings is 2. The molecule has 2 heterocycles. The molecule has 0 amide bonds. The van der Waals surface area contributed by atoms with Gasteiger partial charge < -0.3 is 19.1 Å². The SMILES string of the molecule is CC1(C)c2ccccc2-c2cc3c(cc21)oc1ccc(Br)cc13.CC1(C)c2ccccc2-c2ccc(N(c3ccccc3)c3ccc4oc5cc6c(cc5c4c3)-c3ccccc3C6(C)C)cc21.CC1(C)c2ccccc2-c2ccc(Nc3ccccc3)cc21. The van der Waals surface area contributed by atoms with Gasteiger partial charge in [0.1, 0.15) is 22.3 Å². The van der Waals surface area contributed by atoms with Crippen LogP contribution in [0.1, 0.15) is 99.9 Å². The third kappa shape index (κ3) is 8.60. The van der Waals surface area contributed by atoms with E-state index in [-0.39, 0.29) is 21.7 Å². The Morgan fingerprint density at radius 1 is 0.270 bits per heavy atom. The summed E-state index contributed by atoms with van der Waals surface area (Å²) in [5.41, 5.74) is 31.1. The van der Waals surface area contributed by atoms with Crippen molar-refractivity contribution in [3.8, 4) is 44.5 Å². The van der Waals surface area contributed by atoms with Gasteiger partial charge in [0, 0.05) is 76.1 Å². The molecule has 14 aromatic rings. The molecule has 0 unspecified atom stereocenters. The predicted molar refractivity (Wildman–Crippen MR) is 376 cm³/mol. The number of nitrogens with one attached hydrogen (secondary N) is 1. The Morgan fingerprint density at radius 2 is 0.640 bits per heavy atom. The Kier molecular flexibility index (Phi) is 12.4. The fourth-order valence-corrected chi connectivity index (χ4v) is 15.7. The molecule has 4 nitrogen and oxygen atoms in total. The first-order valence-electron chi connectivity index (χ1n) is 31.1. The van der Waals surface area contributed by atoms with Crippen molar-refractivity contribution >= 4 is 88.2 Å². The van der Waals surface area contributed by atoms with E-state index in [0.717, 1.165) is 66.0 Å². The maximum atomic E-state index is 6.52. The number of anilines is 5. The molecule has 0 spiro atoms. The number of benzene rings is 12. The van der Waals surface area contributed by atoms with Crippen LogP contribution in [0, 0.1) is 0 Å². The van der Waals surface area contributed by atoms with Crippen molar-refractivity contribution in [1.82, 2.24) is 0 Å². The first-order chi connectivity index (χ1) is 43.0. The molecule has 432 valence electrons. The van der Waals surface area contributed by atoms with Gasteiger partial charge in [0.15, 0.2) is 0 Å². The third-order valence-corrected chi connectivity index (χ3v) is 20.5. The van der Waals surface area contributed by atoms with Gasteiger partial charge in [-0.05, 0) is 198 Å². The molecule has 18 rings (SSSR count). The minimum atomic E-state index is -0.0700. The average molecular weight is 1220 g/mol. The Labute approximate surface area is 529 Å². The molecule has 0 aliphatic heterocycles. The molecule has 5 heteroatoms. The van der Waals surface area contributed by atoms with Crippen LogP contribution in [-0.2, 0) is 21.7 Å². The normalized spacial score (nSPS) is 14.9. The highest BCUT2D eigenvalue weighted by Gasteiger charge is 2.40. The van der Waals surface area contributed by atoms with Gasteiger partial charge in [-0.15, -0.1) is 0 Å². The Bertz CT molecular complexity index is 5200. The summed E-state index contributed by atoms with van der Waals surface area (Å²) in [6, 6.07) is 91.8. The maximum Gasteiger partial charge on any atom is 0.135 e. The minimum absolute atomic E-state index is 0.0136. The van der Waals surface area contributed by atoms with Crippen molar-refractivity contribution in [2.24, 2.45) is 0 Å². The monoisotopic (exact) mass is 1210 g/mol. The molecule has 4 aliphatic rings. The fourth-order valence-electron chi connectivity index (χ4n) is 15.4. The Hall–Kier alpha value is -9.68. The highest BCUT2D eigenvalue weighted by molar-refractivity contribution is 9.10. The predicted octanol–water partition coefficient (Wildman–Crippen LogP) is 24.1. The number of rotatable bonds is 5. The van der Waals surface area contributed by atoms with E-state index >= 15 is 0 Å². The van der Waals surface area contributed by atoms with E-state index in [1.165, 1.54) is 99.8 Å². The average Bonchev–Trinajstić information content (AvgIpc) is 1.61. The summed E-state index contributed by atoms with van der Waals surface area (Å²) in [5.74, 6) is 0. The number of hydrogen-bond acceptors (Lipinski definition) is 4. The molecule has 89 heavy (non-hydrogen) atoms. The van der Waals surface area contributed by atoms with Crippen LogP contribution < -0.4 is 10.2 Å². The van der Waals surface area contributed by atoms with Crippen molar-refractivity contribution in [3.05, 3.63) is 304 Å². The molecule has 0 saturated heterocycles. The molecule has 0 saturated carbocycles. The summed E-state index contributed by atoms with van der Waals surface area (Å²) >= 11 is 3.57. The van der Waals surface area contributed by atoms with Crippen LogP contribution >= 0.6 is 15.9 Å². The van der Waals surface area contributed by atoms with E-state index in [1.54, 1.807) is 0 Å². The summed E-state index contributed by atoms with van der Waals surface area (Å²) in [7, 11) is 0. The molecule has 0 bridgehead atoms. The van der Waals surface area contributed by atoms with E-state index < -0.39 is 0 Å². The zero-order chi connectivity index (χ0) is 60.7. The van der Waals surface area contributed by atoms with E-state index in [1.807, 2.05) is 18.2 Å². The van der Waals surface area contributed by atoms with Crippen LogP contribution in [0.25, 0.3) is 88.4 Å². The molecule has 12 aromatic carbocycles. The zero-order valence-corrected chi connectivity index (χ0v) is 53.0. The molecule has 2 aromatic heterocycles. The largest absolute Gasteiger partial charge is 0.456 e. The number of halogens is 1. The third-order valence-electron chi connectivity index (χ3n) is 20.0. The molecule has 1 N–H and O–H groups in total. The zero-order valence-electron chi connectivity index (χ0n) is 51.4. The Morgan fingerprint density at radius 3 is 1.16 bits per heavy atom. The van der Waals surface area contributed by atoms with Crippen LogP contribution in [0.2, 0.25) is 0 Å². The van der Waals surface area contributed by atoms with Gasteiger partial charge in [-0.25, -0.2) is 0 Å². The van der Waals surface area contributed by atoms with Gasteiger partial charge in [0.05, 0.1) is 0 Å². The first kappa shape index (κ1) is 54.7. The summed E-state index contributed by atoms with van der Waals surface area (Å²) in [6.45, 7) is 18.5. The van der Waals surface area contributed by atoms with Crippen LogP contribution in [0.5, 0.6) is 0 Å². The van der Waals surface area contributed by atoms with Gasteiger partial charge in [-0.2, -0.15) is 0 Å². The summed E-state index contributed by atoms with van der Waals surface area (Å²) in [5, 5.41) is 8.15. The second-order valence-corrected chi connectivity index (χ2v) is 27.6. The lowest BCUT2D eigenvalue weighted by molar-refractivity contribution is 0.647. The lowest BCUT2D eigenvalue weighted by Crippen LogP contribution is -2.16. The minimum Gasteiger partial charge on any atom is -0.456 e. The second kappa shape index (κ2) is 20.2.